The first kappa shape index (κ1) is 12.8. The summed E-state index contributed by atoms with van der Waals surface area (Å²) in [6.07, 6.45) is 0. The summed E-state index contributed by atoms with van der Waals surface area (Å²) in [4.78, 5) is 0.126. The molecule has 0 bridgehead atoms. The highest BCUT2D eigenvalue weighted by molar-refractivity contribution is 7.89. The fourth-order valence-corrected chi connectivity index (χ4v) is 2.82. The maximum atomic E-state index is 11.3. The Kier molecular flexibility index (Phi) is 3.04. The van der Waals surface area contributed by atoms with Crippen molar-refractivity contribution in [2.45, 2.75) is 4.90 Å². The van der Waals surface area contributed by atoms with E-state index in [1.165, 1.54) is 12.1 Å². The summed E-state index contributed by atoms with van der Waals surface area (Å²) < 4.78 is 22.5. The standard InChI is InChI=1S/C16H13NO2S/c17-20(18,19)14-10-8-13(9-11-14)16-7-3-5-12-4-1-2-6-15(12)16/h1-11H,(H2,17,18,19). The predicted octanol–water partition coefficient (Wildman–Crippen LogP) is 3.15. The van der Waals surface area contributed by atoms with Crippen molar-refractivity contribution in [3.8, 4) is 11.1 Å². The van der Waals surface area contributed by atoms with Crippen LogP contribution in [-0.2, 0) is 10.0 Å². The van der Waals surface area contributed by atoms with Gasteiger partial charge >= 0.3 is 0 Å². The quantitative estimate of drug-likeness (QED) is 0.785. The SMILES string of the molecule is NS(=O)(=O)c1ccc(-c2cccc3ccccc23)cc1. The van der Waals surface area contributed by atoms with E-state index in [1.807, 2.05) is 24.3 Å². The molecule has 0 unspecified atom stereocenters. The van der Waals surface area contributed by atoms with E-state index in [9.17, 15) is 8.42 Å². The topological polar surface area (TPSA) is 60.2 Å². The fraction of sp³-hybridized carbons (Fsp3) is 0. The van der Waals surface area contributed by atoms with Gasteiger partial charge in [-0.3, -0.25) is 0 Å². The number of rotatable bonds is 2. The number of fused-ring (bicyclic) bond motifs is 1. The minimum atomic E-state index is -3.64. The van der Waals surface area contributed by atoms with Gasteiger partial charge in [0.1, 0.15) is 0 Å². The van der Waals surface area contributed by atoms with Crippen LogP contribution < -0.4 is 5.14 Å². The average Bonchev–Trinajstić information content (AvgIpc) is 2.46. The van der Waals surface area contributed by atoms with Gasteiger partial charge < -0.3 is 0 Å². The lowest BCUT2D eigenvalue weighted by Gasteiger charge is -2.07. The van der Waals surface area contributed by atoms with E-state index in [4.69, 9.17) is 5.14 Å². The summed E-state index contributed by atoms with van der Waals surface area (Å²) in [7, 11) is -3.64. The zero-order valence-electron chi connectivity index (χ0n) is 10.7. The Morgan fingerprint density at radius 2 is 1.40 bits per heavy atom. The molecule has 100 valence electrons. The molecule has 20 heavy (non-hydrogen) atoms. The first-order valence-electron chi connectivity index (χ1n) is 6.17. The largest absolute Gasteiger partial charge is 0.238 e. The van der Waals surface area contributed by atoms with Gasteiger partial charge in [-0.2, -0.15) is 0 Å². The maximum absolute atomic E-state index is 11.3. The third-order valence-corrected chi connectivity index (χ3v) is 4.21. The minimum Gasteiger partial charge on any atom is -0.225 e. The molecule has 4 heteroatoms. The van der Waals surface area contributed by atoms with Gasteiger partial charge in [0, 0.05) is 0 Å². The molecule has 0 aliphatic carbocycles. The summed E-state index contributed by atoms with van der Waals surface area (Å²) in [6, 6.07) is 20.8. The molecule has 0 atom stereocenters. The van der Waals surface area contributed by atoms with Crippen LogP contribution in [0.15, 0.2) is 71.6 Å². The van der Waals surface area contributed by atoms with Gasteiger partial charge in [-0.1, -0.05) is 54.6 Å². The van der Waals surface area contributed by atoms with Gasteiger partial charge in [0.15, 0.2) is 0 Å². The zero-order chi connectivity index (χ0) is 14.2. The Labute approximate surface area is 117 Å². The number of primary sulfonamides is 1. The predicted molar refractivity (Wildman–Crippen MR) is 80.8 cm³/mol. The summed E-state index contributed by atoms with van der Waals surface area (Å²) >= 11 is 0. The van der Waals surface area contributed by atoms with Crippen molar-refractivity contribution in [1.82, 2.24) is 0 Å². The first-order valence-corrected chi connectivity index (χ1v) is 7.71. The molecule has 0 radical (unpaired) electrons. The fourth-order valence-electron chi connectivity index (χ4n) is 2.30. The van der Waals surface area contributed by atoms with Crippen molar-refractivity contribution in [3.05, 3.63) is 66.7 Å². The summed E-state index contributed by atoms with van der Waals surface area (Å²) in [6.45, 7) is 0. The lowest BCUT2D eigenvalue weighted by molar-refractivity contribution is 0.598. The van der Waals surface area contributed by atoms with Crippen molar-refractivity contribution in [2.75, 3.05) is 0 Å². The highest BCUT2D eigenvalue weighted by atomic mass is 32.2. The molecule has 3 nitrogen and oxygen atoms in total. The smallest absolute Gasteiger partial charge is 0.225 e. The molecular formula is C16H13NO2S. The molecule has 0 aliphatic heterocycles. The zero-order valence-corrected chi connectivity index (χ0v) is 11.5. The summed E-state index contributed by atoms with van der Waals surface area (Å²) in [5.41, 5.74) is 2.04. The number of nitrogens with two attached hydrogens (primary N) is 1. The minimum absolute atomic E-state index is 0.126. The van der Waals surface area contributed by atoms with E-state index in [1.54, 1.807) is 12.1 Å². The van der Waals surface area contributed by atoms with E-state index >= 15 is 0 Å². The molecule has 0 amide bonds. The highest BCUT2D eigenvalue weighted by Crippen LogP contribution is 2.28. The van der Waals surface area contributed by atoms with Gasteiger partial charge in [-0.05, 0) is 34.0 Å². The molecule has 0 aromatic heterocycles. The Bertz CT molecular complexity index is 863. The molecule has 2 N–H and O–H groups in total. The number of hydrogen-bond donors (Lipinski definition) is 1. The second kappa shape index (κ2) is 4.74. The van der Waals surface area contributed by atoms with E-state index in [0.717, 1.165) is 21.9 Å². The van der Waals surface area contributed by atoms with E-state index in [2.05, 4.69) is 18.2 Å². The van der Waals surface area contributed by atoms with Crippen molar-refractivity contribution in [3.63, 3.8) is 0 Å². The van der Waals surface area contributed by atoms with Crippen LogP contribution in [0.2, 0.25) is 0 Å². The number of benzene rings is 3. The van der Waals surface area contributed by atoms with Crippen LogP contribution in [-0.4, -0.2) is 8.42 Å². The normalized spacial score (nSPS) is 11.7. The average molecular weight is 283 g/mol. The number of hydrogen-bond acceptors (Lipinski definition) is 2. The van der Waals surface area contributed by atoms with Crippen LogP contribution >= 0.6 is 0 Å². The second-order valence-corrected chi connectivity index (χ2v) is 6.16. The molecule has 0 saturated carbocycles. The van der Waals surface area contributed by atoms with E-state index < -0.39 is 10.0 Å². The summed E-state index contributed by atoms with van der Waals surface area (Å²) in [5, 5.41) is 7.40. The lowest BCUT2D eigenvalue weighted by atomic mass is 9.98. The van der Waals surface area contributed by atoms with Gasteiger partial charge in [0.05, 0.1) is 4.90 Å². The monoisotopic (exact) mass is 283 g/mol. The van der Waals surface area contributed by atoms with Gasteiger partial charge in [-0.25, -0.2) is 13.6 Å². The maximum Gasteiger partial charge on any atom is 0.238 e. The number of sulfonamides is 1. The molecular weight excluding hydrogens is 270 g/mol. The van der Waals surface area contributed by atoms with Crippen LogP contribution in [0.5, 0.6) is 0 Å². The molecule has 0 aliphatic rings. The first-order chi connectivity index (χ1) is 9.55. The van der Waals surface area contributed by atoms with Crippen LogP contribution in [0, 0.1) is 0 Å². The van der Waals surface area contributed by atoms with Crippen LogP contribution in [0.4, 0.5) is 0 Å². The Morgan fingerprint density at radius 1 is 0.750 bits per heavy atom. The van der Waals surface area contributed by atoms with E-state index in [0.29, 0.717) is 0 Å². The molecule has 0 saturated heterocycles. The molecule has 3 aromatic carbocycles. The lowest BCUT2D eigenvalue weighted by Crippen LogP contribution is -2.11. The van der Waals surface area contributed by atoms with Crippen LogP contribution in [0.25, 0.3) is 21.9 Å². The second-order valence-electron chi connectivity index (χ2n) is 4.60. The van der Waals surface area contributed by atoms with Gasteiger partial charge in [0.2, 0.25) is 10.0 Å². The Hall–Kier alpha value is -2.17. The van der Waals surface area contributed by atoms with E-state index in [-0.39, 0.29) is 4.90 Å². The molecule has 0 spiro atoms. The third-order valence-electron chi connectivity index (χ3n) is 3.28. The van der Waals surface area contributed by atoms with Gasteiger partial charge in [0.25, 0.3) is 0 Å². The highest BCUT2D eigenvalue weighted by Gasteiger charge is 2.08. The van der Waals surface area contributed by atoms with Crippen LogP contribution in [0.1, 0.15) is 0 Å². The van der Waals surface area contributed by atoms with Crippen LogP contribution in [0.3, 0.4) is 0 Å². The molecule has 0 heterocycles. The van der Waals surface area contributed by atoms with Crippen molar-refractivity contribution < 1.29 is 8.42 Å². The summed E-state index contributed by atoms with van der Waals surface area (Å²) in [5.74, 6) is 0. The Balaban J connectivity index is 2.17. The van der Waals surface area contributed by atoms with Crippen molar-refractivity contribution in [2.24, 2.45) is 5.14 Å². The molecule has 3 aromatic rings. The molecule has 0 fully saturated rings. The Morgan fingerprint density at radius 3 is 2.10 bits per heavy atom. The third kappa shape index (κ3) is 2.31. The van der Waals surface area contributed by atoms with Gasteiger partial charge in [-0.15, -0.1) is 0 Å². The van der Waals surface area contributed by atoms with Crippen molar-refractivity contribution >= 4 is 20.8 Å². The van der Waals surface area contributed by atoms with Crippen molar-refractivity contribution in [1.29, 1.82) is 0 Å². The molecule has 3 rings (SSSR count).